The third-order valence-corrected chi connectivity index (χ3v) is 0. The monoisotopic (exact) mass is 920 g/mol. The summed E-state index contributed by atoms with van der Waals surface area (Å²) in [6.45, 7) is 0. The number of hydrogen-bond donors (Lipinski definition) is 0. The molecule has 0 spiro atoms. The van der Waals surface area contributed by atoms with E-state index < -0.39 is 0 Å². The molecule has 0 aliphatic carbocycles. The van der Waals surface area contributed by atoms with Crippen molar-refractivity contribution < 1.29 is 105 Å². The van der Waals surface area contributed by atoms with E-state index in [0.717, 1.165) is 0 Å². The first-order valence-corrected chi connectivity index (χ1v) is 0. The summed E-state index contributed by atoms with van der Waals surface area (Å²) in [6.07, 6.45) is 0. The van der Waals surface area contributed by atoms with Crippen LogP contribution < -0.4 is 0 Å². The molecule has 30 valence electrons. The summed E-state index contributed by atoms with van der Waals surface area (Å²) in [6, 6.07) is 0. The van der Waals surface area contributed by atoms with E-state index >= 15 is 0 Å². The van der Waals surface area contributed by atoms with Gasteiger partial charge in [-0.2, -0.15) is 0 Å². The molecule has 0 radical (unpaired) electrons. The standard InChI is InChI=1S/5W. The van der Waals surface area contributed by atoms with Crippen LogP contribution in [0.4, 0.5) is 0 Å². The molecule has 0 rings (SSSR count). The molecule has 0 heterocycles. The molecule has 0 aliphatic rings. The van der Waals surface area contributed by atoms with E-state index in [2.05, 4.69) is 0 Å². The fourth-order valence-corrected chi connectivity index (χ4v) is 0. The van der Waals surface area contributed by atoms with E-state index in [1.807, 2.05) is 0 Å². The molecule has 5 heavy (non-hydrogen) atoms. The summed E-state index contributed by atoms with van der Waals surface area (Å²) < 4.78 is 0. The molecule has 0 unspecified atom stereocenters. The molecule has 0 saturated carbocycles. The summed E-state index contributed by atoms with van der Waals surface area (Å²) in [7, 11) is 0. The van der Waals surface area contributed by atoms with Crippen LogP contribution >= 0.6 is 0 Å². The van der Waals surface area contributed by atoms with Gasteiger partial charge in [-0.05, 0) is 0 Å². The normalized spacial score (nSPS) is 0. The minimum Gasteiger partial charge on any atom is 0 e. The first kappa shape index (κ1) is 39.5. The topological polar surface area (TPSA) is 0 Å². The van der Waals surface area contributed by atoms with E-state index in [1.165, 1.54) is 0 Å². The second-order valence-electron chi connectivity index (χ2n) is 0. The second-order valence-corrected chi connectivity index (χ2v) is 0. The molecule has 0 saturated heterocycles. The van der Waals surface area contributed by atoms with Gasteiger partial charge in [0.1, 0.15) is 0 Å². The van der Waals surface area contributed by atoms with Crippen LogP contribution in [0.5, 0.6) is 0 Å². The summed E-state index contributed by atoms with van der Waals surface area (Å²) in [5.74, 6) is 0. The smallest absolute Gasteiger partial charge is 0 e. The van der Waals surface area contributed by atoms with Crippen LogP contribution in [0.15, 0.2) is 0 Å². The quantitative estimate of drug-likeness (QED) is 0.322. The van der Waals surface area contributed by atoms with Crippen molar-refractivity contribution in [3.63, 3.8) is 0 Å². The second kappa shape index (κ2) is 26.1. The van der Waals surface area contributed by atoms with Gasteiger partial charge in [0, 0.05) is 105 Å². The van der Waals surface area contributed by atoms with Gasteiger partial charge in [-0.25, -0.2) is 0 Å². The van der Waals surface area contributed by atoms with Crippen LogP contribution in [0.2, 0.25) is 0 Å². The Balaban J connectivity index is 0. The zero-order chi connectivity index (χ0) is 0. The van der Waals surface area contributed by atoms with E-state index in [4.69, 9.17) is 0 Å². The van der Waals surface area contributed by atoms with Crippen LogP contribution in [0.25, 0.3) is 0 Å². The van der Waals surface area contributed by atoms with Crippen molar-refractivity contribution in [1.82, 2.24) is 0 Å². The molecular weight excluding hydrogens is 919 g/mol. The van der Waals surface area contributed by atoms with Crippen molar-refractivity contribution in [1.29, 1.82) is 0 Å². The Hall–Kier alpha value is 3.44. The first-order valence-electron chi connectivity index (χ1n) is 0. The van der Waals surface area contributed by atoms with Crippen LogP contribution in [0.1, 0.15) is 0 Å². The van der Waals surface area contributed by atoms with E-state index in [1.54, 1.807) is 0 Å². The molecule has 0 aromatic rings. The Kier molecular flexibility index (Phi) is 206. The van der Waals surface area contributed by atoms with Gasteiger partial charge in [-0.3, -0.25) is 0 Å². The fraction of sp³-hybridized carbons (Fsp3) is 0. The Morgan fingerprint density at radius 2 is 0.200 bits per heavy atom. The van der Waals surface area contributed by atoms with Crippen molar-refractivity contribution in [2.75, 3.05) is 0 Å². The van der Waals surface area contributed by atoms with Crippen molar-refractivity contribution in [2.45, 2.75) is 0 Å². The Morgan fingerprint density at radius 1 is 0.200 bits per heavy atom. The van der Waals surface area contributed by atoms with Crippen LogP contribution in [-0.2, 0) is 105 Å². The maximum Gasteiger partial charge on any atom is 0 e. The maximum atomic E-state index is 0. The first-order chi connectivity index (χ1) is 0. The van der Waals surface area contributed by atoms with E-state index in [9.17, 15) is 0 Å². The van der Waals surface area contributed by atoms with Crippen LogP contribution in [-0.4, -0.2) is 0 Å². The molecule has 0 amide bonds. The number of hydrogen-bond acceptors (Lipinski definition) is 0. The molecule has 0 fully saturated rings. The summed E-state index contributed by atoms with van der Waals surface area (Å²) in [5, 5.41) is 0. The zero-order valence-electron chi connectivity index (χ0n) is 2.04. The van der Waals surface area contributed by atoms with Crippen LogP contribution in [0, 0.1) is 0 Å². The summed E-state index contributed by atoms with van der Waals surface area (Å²) in [5.41, 5.74) is 0. The zero-order valence-corrected chi connectivity index (χ0v) is 16.7. The van der Waals surface area contributed by atoms with Gasteiger partial charge < -0.3 is 0 Å². The van der Waals surface area contributed by atoms with Gasteiger partial charge >= 0.3 is 0 Å². The van der Waals surface area contributed by atoms with Gasteiger partial charge in [0.15, 0.2) is 0 Å². The molecule has 0 N–H and O–H groups in total. The molecule has 0 aliphatic heterocycles. The van der Waals surface area contributed by atoms with Gasteiger partial charge in [-0.15, -0.1) is 0 Å². The van der Waals surface area contributed by atoms with Crippen molar-refractivity contribution in [3.05, 3.63) is 0 Å². The van der Waals surface area contributed by atoms with Gasteiger partial charge in [0.2, 0.25) is 0 Å². The molecule has 0 aromatic carbocycles. The van der Waals surface area contributed by atoms with E-state index in [-0.39, 0.29) is 105 Å². The average Bonchev–Trinajstić information content (AvgIpc) is 0. The SMILES string of the molecule is [W].[W].[W].[W].[W]. The van der Waals surface area contributed by atoms with Gasteiger partial charge in [0.25, 0.3) is 0 Å². The maximum absolute atomic E-state index is 0. The number of rotatable bonds is 0. The Morgan fingerprint density at radius 3 is 0.200 bits per heavy atom. The van der Waals surface area contributed by atoms with E-state index in [0.29, 0.717) is 0 Å². The van der Waals surface area contributed by atoms with Crippen molar-refractivity contribution >= 4 is 0 Å². The molecular formula is W5. The Labute approximate surface area is 103 Å². The predicted molar refractivity (Wildman–Crippen MR) is 0 cm³/mol. The predicted octanol–water partition coefficient (Wildman–Crippen LogP) is -0.0125. The van der Waals surface area contributed by atoms with Crippen LogP contribution in [0.3, 0.4) is 0 Å². The van der Waals surface area contributed by atoms with Gasteiger partial charge in [0.05, 0.1) is 0 Å². The summed E-state index contributed by atoms with van der Waals surface area (Å²) >= 11 is 0. The molecule has 0 nitrogen and oxygen atoms in total. The van der Waals surface area contributed by atoms with Gasteiger partial charge in [-0.1, -0.05) is 0 Å². The van der Waals surface area contributed by atoms with Crippen molar-refractivity contribution in [2.24, 2.45) is 0 Å². The molecule has 5 heteroatoms. The minimum absolute atomic E-state index is 0. The molecule has 0 aromatic heterocycles. The Bertz CT molecular complexity index is 0. The fourth-order valence-electron chi connectivity index (χ4n) is 0. The third kappa shape index (κ3) is 18.6. The molecule has 0 atom stereocenters. The molecule has 0 bridgehead atoms. The largest absolute Gasteiger partial charge is 0 e. The third-order valence-electron chi connectivity index (χ3n) is 0. The average molecular weight is 919 g/mol. The summed E-state index contributed by atoms with van der Waals surface area (Å²) in [4.78, 5) is 0. The van der Waals surface area contributed by atoms with Crippen molar-refractivity contribution in [3.8, 4) is 0 Å². The minimum atomic E-state index is 0.